The fourth-order valence-corrected chi connectivity index (χ4v) is 1.89. The van der Waals surface area contributed by atoms with Crippen LogP contribution in [0.5, 0.6) is 0 Å². The van der Waals surface area contributed by atoms with E-state index in [4.69, 9.17) is 0 Å². The predicted octanol–water partition coefficient (Wildman–Crippen LogP) is 3.97. The Bertz CT molecular complexity index is 727. The minimum atomic E-state index is -0.467. The van der Waals surface area contributed by atoms with E-state index in [2.05, 4.69) is 6.07 Å². The Morgan fingerprint density at radius 2 is 2.00 bits per heavy atom. The summed E-state index contributed by atoms with van der Waals surface area (Å²) in [4.78, 5) is 10.3. The van der Waals surface area contributed by atoms with Crippen LogP contribution in [0.1, 0.15) is 16.7 Å². The van der Waals surface area contributed by atoms with Crippen LogP contribution < -0.4 is 0 Å². The van der Waals surface area contributed by atoms with Crippen LogP contribution in [0.15, 0.2) is 48.5 Å². The number of benzene rings is 2. The van der Waals surface area contributed by atoms with E-state index in [0.29, 0.717) is 11.1 Å². The number of nitro groups is 1. The Hall–Kier alpha value is -2.93. The van der Waals surface area contributed by atoms with E-state index in [0.717, 1.165) is 11.1 Å². The second kappa shape index (κ2) is 5.81. The normalized spacial score (nSPS) is 10.9. The molecule has 0 bridgehead atoms. The van der Waals surface area contributed by atoms with Gasteiger partial charge in [-0.15, -0.1) is 0 Å². The molecule has 0 saturated heterocycles. The van der Waals surface area contributed by atoms with Crippen molar-refractivity contribution in [2.24, 2.45) is 0 Å². The topological polar surface area (TPSA) is 66.9 Å². The van der Waals surface area contributed by atoms with Gasteiger partial charge < -0.3 is 0 Å². The number of nitrogens with zero attached hydrogens (tertiary/aromatic N) is 2. The van der Waals surface area contributed by atoms with Crippen LogP contribution in [0.2, 0.25) is 0 Å². The minimum Gasteiger partial charge on any atom is -0.258 e. The molecule has 0 aliphatic rings. The molecule has 0 spiro atoms. The Morgan fingerprint density at radius 3 is 2.65 bits per heavy atom. The summed E-state index contributed by atoms with van der Waals surface area (Å²) < 4.78 is 0. The van der Waals surface area contributed by atoms with Gasteiger partial charge in [0, 0.05) is 12.1 Å². The first kappa shape index (κ1) is 13.5. The van der Waals surface area contributed by atoms with Crippen molar-refractivity contribution in [3.05, 3.63) is 75.3 Å². The van der Waals surface area contributed by atoms with E-state index in [9.17, 15) is 15.4 Å². The fraction of sp³-hybridized carbons (Fsp3) is 0.0625. The summed E-state index contributed by atoms with van der Waals surface area (Å²) in [5.41, 5.74) is 2.92. The molecule has 2 rings (SSSR count). The Labute approximate surface area is 116 Å². The summed E-state index contributed by atoms with van der Waals surface area (Å²) in [5, 5.41) is 20.0. The third-order valence-corrected chi connectivity index (χ3v) is 2.84. The van der Waals surface area contributed by atoms with Crippen molar-refractivity contribution in [2.75, 3.05) is 0 Å². The molecular weight excluding hydrogens is 252 g/mol. The highest BCUT2D eigenvalue weighted by Crippen LogP contribution is 2.22. The Balaban J connectivity index is 2.45. The van der Waals surface area contributed by atoms with Gasteiger partial charge in [0.25, 0.3) is 5.69 Å². The lowest BCUT2D eigenvalue weighted by Gasteiger charge is -2.01. The van der Waals surface area contributed by atoms with Crippen molar-refractivity contribution in [3.8, 4) is 6.07 Å². The van der Waals surface area contributed by atoms with Gasteiger partial charge >= 0.3 is 0 Å². The van der Waals surface area contributed by atoms with Crippen molar-refractivity contribution in [1.82, 2.24) is 0 Å². The zero-order valence-electron chi connectivity index (χ0n) is 10.9. The molecule has 0 unspecified atom stereocenters. The van der Waals surface area contributed by atoms with Crippen molar-refractivity contribution < 1.29 is 4.92 Å². The molecule has 4 nitrogen and oxygen atoms in total. The molecule has 0 aromatic heterocycles. The summed E-state index contributed by atoms with van der Waals surface area (Å²) in [6, 6.07) is 15.9. The van der Waals surface area contributed by atoms with Crippen LogP contribution in [0.25, 0.3) is 11.6 Å². The maximum absolute atomic E-state index is 10.8. The minimum absolute atomic E-state index is 0.0205. The monoisotopic (exact) mass is 264 g/mol. The summed E-state index contributed by atoms with van der Waals surface area (Å²) in [7, 11) is 0. The molecule has 0 saturated carbocycles. The zero-order valence-corrected chi connectivity index (χ0v) is 10.9. The van der Waals surface area contributed by atoms with Crippen molar-refractivity contribution >= 4 is 17.3 Å². The lowest BCUT2D eigenvalue weighted by Crippen LogP contribution is -1.89. The van der Waals surface area contributed by atoms with Gasteiger partial charge in [0.05, 0.1) is 16.6 Å². The van der Waals surface area contributed by atoms with E-state index in [-0.39, 0.29) is 5.69 Å². The first-order valence-electron chi connectivity index (χ1n) is 6.03. The molecule has 20 heavy (non-hydrogen) atoms. The summed E-state index contributed by atoms with van der Waals surface area (Å²) in [6.45, 7) is 1.97. The molecule has 0 N–H and O–H groups in total. The van der Waals surface area contributed by atoms with Crippen LogP contribution in [0.4, 0.5) is 5.69 Å². The number of allylic oxidation sites excluding steroid dienone is 1. The summed E-state index contributed by atoms with van der Waals surface area (Å²) in [5.74, 6) is 0. The molecule has 0 fully saturated rings. The Kier molecular flexibility index (Phi) is 3.92. The molecule has 0 radical (unpaired) electrons. The second-order valence-corrected chi connectivity index (χ2v) is 4.39. The van der Waals surface area contributed by atoms with E-state index in [1.807, 2.05) is 31.2 Å². The number of aryl methyl sites for hydroxylation is 1. The molecule has 0 atom stereocenters. The lowest BCUT2D eigenvalue weighted by atomic mass is 10.0. The van der Waals surface area contributed by atoms with Crippen molar-refractivity contribution in [3.63, 3.8) is 0 Å². The highest BCUT2D eigenvalue weighted by Gasteiger charge is 2.08. The number of hydrogen-bond acceptors (Lipinski definition) is 3. The van der Waals surface area contributed by atoms with Gasteiger partial charge in [-0.1, -0.05) is 42.0 Å². The molecule has 2 aromatic carbocycles. The summed E-state index contributed by atoms with van der Waals surface area (Å²) >= 11 is 0. The molecular formula is C16H12N2O2. The first-order valence-corrected chi connectivity index (χ1v) is 6.03. The molecule has 4 heteroatoms. The molecule has 98 valence electrons. The average Bonchev–Trinajstić information content (AvgIpc) is 2.45. The standard InChI is InChI=1S/C16H12N2O2/c1-12-4-2-5-13(8-12)9-15(11-17)14-6-3-7-16(10-14)18(19)20/h2-10H,1H3/b15-9-. The molecule has 0 heterocycles. The van der Waals surface area contributed by atoms with Gasteiger partial charge in [0.2, 0.25) is 0 Å². The van der Waals surface area contributed by atoms with E-state index in [1.165, 1.54) is 12.1 Å². The largest absolute Gasteiger partial charge is 0.270 e. The van der Waals surface area contributed by atoms with Crippen LogP contribution in [0, 0.1) is 28.4 Å². The SMILES string of the molecule is Cc1cccc(/C=C(/C#N)c2cccc([N+](=O)[O-])c2)c1. The van der Waals surface area contributed by atoms with E-state index < -0.39 is 4.92 Å². The average molecular weight is 264 g/mol. The first-order chi connectivity index (χ1) is 9.60. The smallest absolute Gasteiger partial charge is 0.258 e. The fourth-order valence-electron chi connectivity index (χ4n) is 1.89. The quantitative estimate of drug-likeness (QED) is 0.364. The van der Waals surface area contributed by atoms with Gasteiger partial charge in [-0.3, -0.25) is 10.1 Å². The van der Waals surface area contributed by atoms with E-state index >= 15 is 0 Å². The van der Waals surface area contributed by atoms with Gasteiger partial charge in [-0.2, -0.15) is 5.26 Å². The second-order valence-electron chi connectivity index (χ2n) is 4.39. The predicted molar refractivity (Wildman–Crippen MR) is 77.8 cm³/mol. The van der Waals surface area contributed by atoms with Crippen LogP contribution in [-0.4, -0.2) is 4.92 Å². The third kappa shape index (κ3) is 3.09. The Morgan fingerprint density at radius 1 is 1.25 bits per heavy atom. The number of nitriles is 1. The van der Waals surface area contributed by atoms with Crippen LogP contribution >= 0.6 is 0 Å². The van der Waals surface area contributed by atoms with Crippen LogP contribution in [0.3, 0.4) is 0 Å². The maximum Gasteiger partial charge on any atom is 0.270 e. The van der Waals surface area contributed by atoms with Crippen molar-refractivity contribution in [2.45, 2.75) is 6.92 Å². The third-order valence-electron chi connectivity index (χ3n) is 2.84. The maximum atomic E-state index is 10.8. The highest BCUT2D eigenvalue weighted by molar-refractivity contribution is 5.90. The molecule has 0 amide bonds. The van der Waals surface area contributed by atoms with Gasteiger partial charge in [-0.25, -0.2) is 0 Å². The summed E-state index contributed by atoms with van der Waals surface area (Å²) in [6.07, 6.45) is 1.73. The highest BCUT2D eigenvalue weighted by atomic mass is 16.6. The lowest BCUT2D eigenvalue weighted by molar-refractivity contribution is -0.384. The number of hydrogen-bond donors (Lipinski definition) is 0. The molecule has 0 aliphatic heterocycles. The number of non-ortho nitro benzene ring substituents is 1. The number of nitro benzene ring substituents is 1. The number of rotatable bonds is 3. The van der Waals surface area contributed by atoms with E-state index in [1.54, 1.807) is 18.2 Å². The molecule has 2 aromatic rings. The van der Waals surface area contributed by atoms with Gasteiger partial charge in [-0.05, 0) is 24.1 Å². The molecule has 0 aliphatic carbocycles. The van der Waals surface area contributed by atoms with Gasteiger partial charge in [0.1, 0.15) is 0 Å². The van der Waals surface area contributed by atoms with Crippen molar-refractivity contribution in [1.29, 1.82) is 5.26 Å². The van der Waals surface area contributed by atoms with Crippen LogP contribution in [-0.2, 0) is 0 Å². The van der Waals surface area contributed by atoms with Gasteiger partial charge in [0.15, 0.2) is 0 Å². The zero-order chi connectivity index (χ0) is 14.5.